The van der Waals surface area contributed by atoms with Crippen molar-refractivity contribution < 1.29 is 19.6 Å². The van der Waals surface area contributed by atoms with Gasteiger partial charge in [0.2, 0.25) is 5.75 Å². The minimum Gasteiger partial charge on any atom is -0.502 e. The maximum absolute atomic E-state index is 12.2. The maximum Gasteiger partial charge on any atom is 0.311 e. The molecule has 1 fully saturated rings. The predicted octanol–water partition coefficient (Wildman–Crippen LogP) is 1.16. The maximum atomic E-state index is 12.2. The van der Waals surface area contributed by atoms with Crippen molar-refractivity contribution in [3.8, 4) is 5.75 Å². The number of benzene rings is 1. The van der Waals surface area contributed by atoms with Crippen LogP contribution in [0, 0.1) is 10.1 Å². The Labute approximate surface area is 109 Å². The zero-order valence-electron chi connectivity index (χ0n) is 10.4. The Balaban J connectivity index is 2.28. The summed E-state index contributed by atoms with van der Waals surface area (Å²) in [7, 11) is 1.60. The summed E-state index contributed by atoms with van der Waals surface area (Å²) in [5, 5.41) is 20.5. The lowest BCUT2D eigenvalue weighted by atomic mass is 10.1. The van der Waals surface area contributed by atoms with E-state index in [0.717, 1.165) is 12.5 Å². The Hall–Kier alpha value is -2.15. The lowest BCUT2D eigenvalue weighted by Gasteiger charge is -2.23. The summed E-state index contributed by atoms with van der Waals surface area (Å²) in [5.74, 6) is -1.04. The van der Waals surface area contributed by atoms with Crippen molar-refractivity contribution in [2.24, 2.45) is 0 Å². The van der Waals surface area contributed by atoms with Gasteiger partial charge in [-0.1, -0.05) is 6.07 Å². The fourth-order valence-electron chi connectivity index (χ4n) is 2.03. The van der Waals surface area contributed by atoms with Crippen LogP contribution in [-0.4, -0.2) is 47.1 Å². The van der Waals surface area contributed by atoms with Crippen LogP contribution in [0.4, 0.5) is 5.69 Å². The number of para-hydroxylation sites is 1. The van der Waals surface area contributed by atoms with Gasteiger partial charge < -0.3 is 14.7 Å². The van der Waals surface area contributed by atoms with E-state index in [1.807, 2.05) is 0 Å². The molecule has 0 aromatic heterocycles. The second kappa shape index (κ2) is 5.23. The van der Waals surface area contributed by atoms with Gasteiger partial charge in [0.25, 0.3) is 5.91 Å². The fourth-order valence-corrected chi connectivity index (χ4v) is 2.03. The van der Waals surface area contributed by atoms with E-state index in [0.29, 0.717) is 13.2 Å². The molecule has 1 aromatic carbocycles. The predicted molar refractivity (Wildman–Crippen MR) is 66.1 cm³/mol. The van der Waals surface area contributed by atoms with Crippen LogP contribution in [-0.2, 0) is 4.74 Å². The Morgan fingerprint density at radius 1 is 1.58 bits per heavy atom. The first-order valence-corrected chi connectivity index (χ1v) is 5.83. The van der Waals surface area contributed by atoms with E-state index >= 15 is 0 Å². The number of rotatable bonds is 3. The van der Waals surface area contributed by atoms with Gasteiger partial charge in [0.05, 0.1) is 23.1 Å². The van der Waals surface area contributed by atoms with Gasteiger partial charge >= 0.3 is 5.69 Å². The van der Waals surface area contributed by atoms with Crippen molar-refractivity contribution in [1.29, 1.82) is 0 Å². The summed E-state index contributed by atoms with van der Waals surface area (Å²) >= 11 is 0. The van der Waals surface area contributed by atoms with Gasteiger partial charge in [0, 0.05) is 19.7 Å². The lowest BCUT2D eigenvalue weighted by molar-refractivity contribution is -0.385. The number of phenols is 1. The van der Waals surface area contributed by atoms with Gasteiger partial charge in [-0.3, -0.25) is 14.9 Å². The van der Waals surface area contributed by atoms with Crippen LogP contribution in [0.5, 0.6) is 5.75 Å². The van der Waals surface area contributed by atoms with Crippen LogP contribution in [0.2, 0.25) is 0 Å². The number of aromatic hydroxyl groups is 1. The van der Waals surface area contributed by atoms with E-state index in [1.165, 1.54) is 17.0 Å². The standard InChI is InChI=1S/C12H14N2O5/c1-13(8-5-6-19-7-8)12(16)9-3-2-4-10(11(9)15)14(17)18/h2-4,8,15H,5-7H2,1H3/t8-/m1/s1. The molecule has 7 nitrogen and oxygen atoms in total. The van der Waals surface area contributed by atoms with Gasteiger partial charge in [0.1, 0.15) is 0 Å². The molecule has 2 rings (SSSR count). The van der Waals surface area contributed by atoms with Crippen LogP contribution >= 0.6 is 0 Å². The first-order valence-electron chi connectivity index (χ1n) is 5.83. The summed E-state index contributed by atoms with van der Waals surface area (Å²) in [6, 6.07) is 3.84. The van der Waals surface area contributed by atoms with Crippen molar-refractivity contribution in [1.82, 2.24) is 4.90 Å². The number of hydrogen-bond acceptors (Lipinski definition) is 5. The zero-order valence-corrected chi connectivity index (χ0v) is 10.4. The van der Waals surface area contributed by atoms with Crippen LogP contribution in [0.3, 0.4) is 0 Å². The average Bonchev–Trinajstić information content (AvgIpc) is 2.90. The summed E-state index contributed by atoms with van der Waals surface area (Å²) in [6.07, 6.45) is 0.720. The molecule has 1 amide bonds. The third-order valence-corrected chi connectivity index (χ3v) is 3.22. The third-order valence-electron chi connectivity index (χ3n) is 3.22. The fraction of sp³-hybridized carbons (Fsp3) is 0.417. The number of hydrogen-bond donors (Lipinski definition) is 1. The molecular weight excluding hydrogens is 252 g/mol. The molecule has 1 saturated heterocycles. The molecule has 1 aliphatic heterocycles. The molecule has 1 aliphatic rings. The highest BCUT2D eigenvalue weighted by molar-refractivity contribution is 5.98. The molecule has 0 spiro atoms. The summed E-state index contributed by atoms with van der Waals surface area (Å²) < 4.78 is 5.19. The minimum atomic E-state index is -0.717. The summed E-state index contributed by atoms with van der Waals surface area (Å²) in [6.45, 7) is 1.03. The monoisotopic (exact) mass is 266 g/mol. The number of carbonyl (C=O) groups excluding carboxylic acids is 1. The summed E-state index contributed by atoms with van der Waals surface area (Å²) in [5.41, 5.74) is -0.537. The molecule has 102 valence electrons. The molecule has 0 saturated carbocycles. The second-order valence-corrected chi connectivity index (χ2v) is 4.36. The molecule has 0 bridgehead atoms. The number of nitro groups is 1. The normalized spacial score (nSPS) is 18.3. The Morgan fingerprint density at radius 2 is 2.32 bits per heavy atom. The van der Waals surface area contributed by atoms with E-state index in [2.05, 4.69) is 0 Å². The molecule has 1 aromatic rings. The number of nitrogens with zero attached hydrogens (tertiary/aromatic N) is 2. The van der Waals surface area contributed by atoms with Crippen molar-refractivity contribution >= 4 is 11.6 Å². The first-order chi connectivity index (χ1) is 9.02. The number of ether oxygens (including phenoxy) is 1. The van der Waals surface area contributed by atoms with Crippen LogP contribution < -0.4 is 0 Å². The molecule has 1 atom stereocenters. The first kappa shape index (κ1) is 13.3. The smallest absolute Gasteiger partial charge is 0.311 e. The van der Waals surface area contributed by atoms with Crippen LogP contribution in [0.1, 0.15) is 16.8 Å². The van der Waals surface area contributed by atoms with Crippen molar-refractivity contribution in [3.63, 3.8) is 0 Å². The van der Waals surface area contributed by atoms with Gasteiger partial charge in [-0.25, -0.2) is 0 Å². The number of carbonyl (C=O) groups is 1. The Kier molecular flexibility index (Phi) is 3.66. The largest absolute Gasteiger partial charge is 0.502 e. The number of phenolic OH excluding ortho intramolecular Hbond substituents is 1. The van der Waals surface area contributed by atoms with Crippen molar-refractivity contribution in [2.45, 2.75) is 12.5 Å². The number of nitro benzene ring substituents is 1. The van der Waals surface area contributed by atoms with E-state index in [4.69, 9.17) is 4.74 Å². The van der Waals surface area contributed by atoms with Gasteiger partial charge in [0.15, 0.2) is 0 Å². The van der Waals surface area contributed by atoms with Crippen molar-refractivity contribution in [3.05, 3.63) is 33.9 Å². The highest BCUT2D eigenvalue weighted by Gasteiger charge is 2.28. The quantitative estimate of drug-likeness (QED) is 0.654. The SMILES string of the molecule is CN(C(=O)c1cccc([N+](=O)[O-])c1O)[C@@H]1CCOC1. The van der Waals surface area contributed by atoms with E-state index in [-0.39, 0.29) is 11.6 Å². The number of likely N-dealkylation sites (N-methyl/N-ethyl adjacent to an activating group) is 1. The molecule has 1 N–H and O–H groups in total. The van der Waals surface area contributed by atoms with Crippen LogP contribution in [0.15, 0.2) is 18.2 Å². The second-order valence-electron chi connectivity index (χ2n) is 4.36. The van der Waals surface area contributed by atoms with Gasteiger partial charge in [-0.2, -0.15) is 0 Å². The molecule has 19 heavy (non-hydrogen) atoms. The molecule has 1 heterocycles. The number of amides is 1. The highest BCUT2D eigenvalue weighted by atomic mass is 16.6. The molecule has 7 heteroatoms. The van der Waals surface area contributed by atoms with E-state index < -0.39 is 22.3 Å². The van der Waals surface area contributed by atoms with Gasteiger partial charge in [-0.05, 0) is 12.5 Å². The lowest BCUT2D eigenvalue weighted by Crippen LogP contribution is -2.37. The molecule has 0 aliphatic carbocycles. The molecule has 0 radical (unpaired) electrons. The van der Waals surface area contributed by atoms with Gasteiger partial charge in [-0.15, -0.1) is 0 Å². The highest BCUT2D eigenvalue weighted by Crippen LogP contribution is 2.30. The van der Waals surface area contributed by atoms with Crippen molar-refractivity contribution in [2.75, 3.05) is 20.3 Å². The zero-order chi connectivity index (χ0) is 14.0. The van der Waals surface area contributed by atoms with Crippen LogP contribution in [0.25, 0.3) is 0 Å². The molecule has 0 unspecified atom stereocenters. The minimum absolute atomic E-state index is 0.0637. The van der Waals surface area contributed by atoms with E-state index in [9.17, 15) is 20.0 Å². The Morgan fingerprint density at radius 3 is 2.89 bits per heavy atom. The van der Waals surface area contributed by atoms with E-state index in [1.54, 1.807) is 7.05 Å². The average molecular weight is 266 g/mol. The Bertz CT molecular complexity index is 511. The third kappa shape index (κ3) is 2.50. The summed E-state index contributed by atoms with van der Waals surface area (Å²) in [4.78, 5) is 23.7. The molecular formula is C12H14N2O5. The topological polar surface area (TPSA) is 92.9 Å².